The number of hydrogen-bond acceptors (Lipinski definition) is 6. The van der Waals surface area contributed by atoms with Gasteiger partial charge in [0.2, 0.25) is 12.7 Å². The zero-order chi connectivity index (χ0) is 26.7. The Hall–Kier alpha value is -3.70. The van der Waals surface area contributed by atoms with Gasteiger partial charge in [-0.1, -0.05) is 12.1 Å². The Labute approximate surface area is 244 Å². The lowest BCUT2D eigenvalue weighted by Crippen LogP contribution is -3.00. The maximum absolute atomic E-state index is 11.0. The van der Waals surface area contributed by atoms with Gasteiger partial charge in [0.05, 0.1) is 37.6 Å². The van der Waals surface area contributed by atoms with Crippen molar-refractivity contribution < 1.29 is 63.2 Å². The SMILES string of the molecule is O=Cc1cc(C[n+]2ccn(CCOCCOCCn3cc[n+](Cc4ccc(O)c(C=O)c4)c3)c2)ccc1O.[Cl-].[Cl-]. The number of hydrogen-bond donors (Lipinski definition) is 2. The number of aromatic nitrogens is 4. The number of aromatic hydroxyl groups is 2. The Kier molecular flexibility index (Phi) is 13.3. The van der Waals surface area contributed by atoms with Crippen LogP contribution in [0.4, 0.5) is 0 Å². The van der Waals surface area contributed by atoms with Crippen LogP contribution in [-0.2, 0) is 35.7 Å². The predicted octanol–water partition coefficient (Wildman–Crippen LogP) is -4.26. The number of carbonyl (C=O) groups is 2. The van der Waals surface area contributed by atoms with Crippen molar-refractivity contribution in [2.45, 2.75) is 26.2 Å². The third-order valence-electron chi connectivity index (χ3n) is 6.02. The topological polar surface area (TPSA) is 111 Å². The highest BCUT2D eigenvalue weighted by Gasteiger charge is 2.09. The first kappa shape index (κ1) is 32.5. The van der Waals surface area contributed by atoms with Crippen LogP contribution in [0.2, 0.25) is 0 Å². The molecular formula is C28H32Cl2N4O6. The van der Waals surface area contributed by atoms with E-state index in [1.807, 2.05) is 55.7 Å². The first-order chi connectivity index (χ1) is 18.5. The minimum absolute atomic E-state index is 0. The molecular weight excluding hydrogens is 559 g/mol. The summed E-state index contributed by atoms with van der Waals surface area (Å²) in [6, 6.07) is 10.0. The van der Waals surface area contributed by atoms with Crippen molar-refractivity contribution in [3.05, 3.63) is 96.1 Å². The average Bonchev–Trinajstić information content (AvgIpc) is 3.57. The maximum Gasteiger partial charge on any atom is 0.244 e. The van der Waals surface area contributed by atoms with Crippen LogP contribution in [0.3, 0.4) is 0 Å². The molecule has 0 aliphatic rings. The second-order valence-corrected chi connectivity index (χ2v) is 8.89. The molecule has 0 saturated heterocycles. The van der Waals surface area contributed by atoms with Gasteiger partial charge < -0.3 is 44.5 Å². The Balaban J connectivity index is 0.00000280. The van der Waals surface area contributed by atoms with Gasteiger partial charge in [-0.2, -0.15) is 0 Å². The molecule has 2 heterocycles. The predicted molar refractivity (Wildman–Crippen MR) is 136 cm³/mol. The zero-order valence-electron chi connectivity index (χ0n) is 21.8. The van der Waals surface area contributed by atoms with E-state index in [0.29, 0.717) is 65.2 Å². The average molecular weight is 591 g/mol. The molecule has 214 valence electrons. The van der Waals surface area contributed by atoms with Crippen LogP contribution in [-0.4, -0.2) is 58.3 Å². The van der Waals surface area contributed by atoms with Gasteiger partial charge in [0, 0.05) is 0 Å². The van der Waals surface area contributed by atoms with Gasteiger partial charge in [-0.15, -0.1) is 0 Å². The van der Waals surface area contributed by atoms with Gasteiger partial charge >= 0.3 is 0 Å². The van der Waals surface area contributed by atoms with Crippen LogP contribution < -0.4 is 33.9 Å². The highest BCUT2D eigenvalue weighted by Crippen LogP contribution is 2.17. The van der Waals surface area contributed by atoms with E-state index in [1.165, 1.54) is 12.1 Å². The third-order valence-corrected chi connectivity index (χ3v) is 6.02. The van der Waals surface area contributed by atoms with Crippen molar-refractivity contribution in [2.24, 2.45) is 0 Å². The Morgan fingerprint density at radius 1 is 0.675 bits per heavy atom. The molecule has 40 heavy (non-hydrogen) atoms. The highest BCUT2D eigenvalue weighted by molar-refractivity contribution is 5.79. The fraction of sp³-hybridized carbons (Fsp3) is 0.286. The zero-order valence-corrected chi connectivity index (χ0v) is 23.3. The fourth-order valence-corrected chi connectivity index (χ4v) is 4.01. The number of ether oxygens (including phenoxy) is 2. The van der Waals surface area contributed by atoms with Crippen molar-refractivity contribution in [3.8, 4) is 11.5 Å². The van der Waals surface area contributed by atoms with E-state index in [0.717, 1.165) is 11.1 Å². The maximum atomic E-state index is 11.0. The molecule has 0 aliphatic heterocycles. The third kappa shape index (κ3) is 9.49. The summed E-state index contributed by atoms with van der Waals surface area (Å²) in [7, 11) is 0. The molecule has 0 radical (unpaired) electrons. The summed E-state index contributed by atoms with van der Waals surface area (Å²) in [5.74, 6) is -0.0220. The van der Waals surface area contributed by atoms with Crippen molar-refractivity contribution in [1.29, 1.82) is 0 Å². The summed E-state index contributed by atoms with van der Waals surface area (Å²) in [4.78, 5) is 22.0. The van der Waals surface area contributed by atoms with Gasteiger partial charge in [-0.25, -0.2) is 18.3 Å². The number of nitrogens with zero attached hydrogens (tertiary/aromatic N) is 4. The van der Waals surface area contributed by atoms with Crippen LogP contribution in [0, 0.1) is 0 Å². The number of benzene rings is 2. The highest BCUT2D eigenvalue weighted by atomic mass is 35.5. The molecule has 0 bridgehead atoms. The van der Waals surface area contributed by atoms with Crippen LogP contribution in [0.25, 0.3) is 0 Å². The number of imidazole rings is 2. The van der Waals surface area contributed by atoms with Gasteiger partial charge in [-0.05, 0) is 35.4 Å². The van der Waals surface area contributed by atoms with Gasteiger partial charge in [0.1, 0.15) is 62.5 Å². The van der Waals surface area contributed by atoms with Crippen molar-refractivity contribution in [2.75, 3.05) is 26.4 Å². The molecule has 0 saturated carbocycles. The normalized spacial score (nSPS) is 10.5. The van der Waals surface area contributed by atoms with Crippen LogP contribution >= 0.6 is 0 Å². The first-order valence-corrected chi connectivity index (χ1v) is 12.3. The Bertz CT molecular complexity index is 1270. The number of phenolic OH excluding ortho intramolecular Hbond substituents is 2. The lowest BCUT2D eigenvalue weighted by Gasteiger charge is -2.04. The Morgan fingerprint density at radius 2 is 1.10 bits per heavy atom. The van der Waals surface area contributed by atoms with E-state index in [9.17, 15) is 19.8 Å². The number of carbonyl (C=O) groups excluding carboxylic acids is 2. The van der Waals surface area contributed by atoms with Crippen LogP contribution in [0.15, 0.2) is 73.8 Å². The van der Waals surface area contributed by atoms with E-state index < -0.39 is 0 Å². The molecule has 0 unspecified atom stereocenters. The molecule has 4 aromatic rings. The second-order valence-electron chi connectivity index (χ2n) is 8.89. The van der Waals surface area contributed by atoms with Crippen molar-refractivity contribution >= 4 is 12.6 Å². The van der Waals surface area contributed by atoms with Crippen molar-refractivity contribution in [3.63, 3.8) is 0 Å². The number of aldehydes is 2. The molecule has 2 aromatic heterocycles. The molecule has 0 spiro atoms. The molecule has 2 N–H and O–H groups in total. The molecule has 2 aromatic carbocycles. The Morgan fingerprint density at radius 3 is 1.50 bits per heavy atom. The summed E-state index contributed by atoms with van der Waals surface area (Å²) in [6.45, 7) is 4.76. The van der Waals surface area contributed by atoms with E-state index >= 15 is 0 Å². The molecule has 0 aliphatic carbocycles. The summed E-state index contributed by atoms with van der Waals surface area (Å²) in [6.07, 6.45) is 13.1. The van der Waals surface area contributed by atoms with E-state index in [-0.39, 0.29) is 47.4 Å². The first-order valence-electron chi connectivity index (χ1n) is 12.3. The number of halogens is 2. The minimum atomic E-state index is -0.0110. The van der Waals surface area contributed by atoms with Crippen molar-refractivity contribution in [1.82, 2.24) is 9.13 Å². The lowest BCUT2D eigenvalue weighted by molar-refractivity contribution is -0.688. The van der Waals surface area contributed by atoms with Gasteiger partial charge in [-0.3, -0.25) is 9.59 Å². The summed E-state index contributed by atoms with van der Waals surface area (Å²) >= 11 is 0. The quantitative estimate of drug-likeness (QED) is 0.0824. The van der Waals surface area contributed by atoms with Gasteiger partial charge in [0.25, 0.3) is 0 Å². The standard InChI is InChI=1S/C28H30N4O6.2ClH/c33-19-25-15-23(1-3-27(25)35)17-31-7-5-29(21-31)9-11-37-13-14-38-12-10-30-6-8-32(22-30)18-24-2-4-28(36)26(16-24)20-34;;/h1-8,15-16,19-22H,9-14,17-18H2;2*1H. The molecule has 0 amide bonds. The van der Waals surface area contributed by atoms with Gasteiger partial charge in [0.15, 0.2) is 12.6 Å². The monoisotopic (exact) mass is 590 g/mol. The lowest BCUT2D eigenvalue weighted by atomic mass is 10.1. The van der Waals surface area contributed by atoms with E-state index in [2.05, 4.69) is 0 Å². The van der Waals surface area contributed by atoms with Crippen LogP contribution in [0.5, 0.6) is 11.5 Å². The summed E-state index contributed by atoms with van der Waals surface area (Å²) in [5, 5.41) is 19.3. The minimum Gasteiger partial charge on any atom is -1.00 e. The molecule has 0 atom stereocenters. The van der Waals surface area contributed by atoms with E-state index in [1.54, 1.807) is 24.3 Å². The molecule has 10 nitrogen and oxygen atoms in total. The second kappa shape index (κ2) is 16.4. The number of phenols is 2. The largest absolute Gasteiger partial charge is 1.00 e. The molecule has 12 heteroatoms. The van der Waals surface area contributed by atoms with Crippen LogP contribution in [0.1, 0.15) is 31.8 Å². The fourth-order valence-electron chi connectivity index (χ4n) is 4.01. The summed E-state index contributed by atoms with van der Waals surface area (Å²) in [5.41, 5.74) is 2.44. The van der Waals surface area contributed by atoms with E-state index in [4.69, 9.17) is 9.47 Å². The molecule has 0 fully saturated rings. The summed E-state index contributed by atoms with van der Waals surface area (Å²) < 4.78 is 19.4. The molecule has 4 rings (SSSR count). The smallest absolute Gasteiger partial charge is 0.244 e. The number of rotatable bonds is 15.